The normalized spacial score (nSPS) is 11.1. The van der Waals surface area contributed by atoms with Gasteiger partial charge in [0, 0.05) is 12.1 Å². The number of fused-ring (bicyclic) bond motifs is 1. The second-order valence-electron chi connectivity index (χ2n) is 3.46. The van der Waals surface area contributed by atoms with E-state index in [-0.39, 0.29) is 11.7 Å². The molecule has 0 unspecified atom stereocenters. The molecule has 2 rings (SSSR count). The van der Waals surface area contributed by atoms with E-state index in [2.05, 4.69) is 10.1 Å². The van der Waals surface area contributed by atoms with E-state index in [0.717, 1.165) is 0 Å². The molecule has 4 heteroatoms. The predicted molar refractivity (Wildman–Crippen MR) is 52.2 cm³/mol. The first-order valence-corrected chi connectivity index (χ1v) is 4.53. The summed E-state index contributed by atoms with van der Waals surface area (Å²) < 4.78 is 1.57. The van der Waals surface area contributed by atoms with Crippen molar-refractivity contribution in [2.45, 2.75) is 13.8 Å². The number of Topliss-reactive ketones (excluding diaryl/α,β-unsaturated/α-hetero) is 1. The van der Waals surface area contributed by atoms with Crippen LogP contribution in [0.25, 0.3) is 5.65 Å². The quantitative estimate of drug-likeness (QED) is 0.673. The topological polar surface area (TPSA) is 47.3 Å². The second-order valence-corrected chi connectivity index (χ2v) is 3.46. The molecule has 0 saturated heterocycles. The Labute approximate surface area is 81.6 Å². The second kappa shape index (κ2) is 3.21. The molecule has 0 spiro atoms. The van der Waals surface area contributed by atoms with Crippen molar-refractivity contribution >= 4 is 11.4 Å². The number of hydrogen-bond donors (Lipinski definition) is 0. The van der Waals surface area contributed by atoms with Crippen molar-refractivity contribution in [2.24, 2.45) is 5.92 Å². The number of aromatic nitrogens is 3. The average molecular weight is 189 g/mol. The fourth-order valence-corrected chi connectivity index (χ4v) is 1.29. The zero-order valence-corrected chi connectivity index (χ0v) is 8.14. The summed E-state index contributed by atoms with van der Waals surface area (Å²) in [6, 6.07) is 3.62. The lowest BCUT2D eigenvalue weighted by Crippen LogP contribution is -2.11. The minimum Gasteiger partial charge on any atom is -0.292 e. The van der Waals surface area contributed by atoms with Crippen LogP contribution >= 0.6 is 0 Å². The molecule has 0 fully saturated rings. The van der Waals surface area contributed by atoms with E-state index in [1.54, 1.807) is 23.0 Å². The van der Waals surface area contributed by atoms with E-state index in [1.807, 2.05) is 19.9 Å². The smallest absolute Gasteiger partial charge is 0.185 e. The Balaban J connectivity index is 2.58. The fraction of sp³-hybridized carbons (Fsp3) is 0.300. The molecule has 0 aliphatic carbocycles. The molecular formula is C10H11N3O. The van der Waals surface area contributed by atoms with Gasteiger partial charge in [-0.25, -0.2) is 9.50 Å². The van der Waals surface area contributed by atoms with Gasteiger partial charge in [0.1, 0.15) is 5.69 Å². The van der Waals surface area contributed by atoms with Crippen LogP contribution in [-0.4, -0.2) is 20.4 Å². The third kappa shape index (κ3) is 1.28. The van der Waals surface area contributed by atoms with Crippen LogP contribution in [0.2, 0.25) is 0 Å². The standard InChI is InChI=1S/C10H11N3O/c1-7(2)10(14)8-6-11-9-4-3-5-12-13(8)9/h3-7H,1-2H3. The summed E-state index contributed by atoms with van der Waals surface area (Å²) in [6.07, 6.45) is 3.22. The number of hydrogen-bond acceptors (Lipinski definition) is 3. The summed E-state index contributed by atoms with van der Waals surface area (Å²) in [6.45, 7) is 3.73. The van der Waals surface area contributed by atoms with Crippen LogP contribution in [0.4, 0.5) is 0 Å². The molecule has 72 valence electrons. The third-order valence-corrected chi connectivity index (χ3v) is 2.05. The number of rotatable bonds is 2. The Kier molecular flexibility index (Phi) is 2.04. The summed E-state index contributed by atoms with van der Waals surface area (Å²) in [7, 11) is 0. The van der Waals surface area contributed by atoms with Gasteiger partial charge in [0.15, 0.2) is 11.4 Å². The number of imidazole rings is 1. The molecule has 0 radical (unpaired) electrons. The SMILES string of the molecule is CC(C)C(=O)c1cnc2cccnn12. The molecule has 14 heavy (non-hydrogen) atoms. The van der Waals surface area contributed by atoms with Crippen molar-refractivity contribution in [3.05, 3.63) is 30.2 Å². The molecule has 0 aliphatic rings. The summed E-state index contributed by atoms with van der Waals surface area (Å²) in [5.41, 5.74) is 1.26. The molecular weight excluding hydrogens is 178 g/mol. The Morgan fingerprint density at radius 3 is 3.00 bits per heavy atom. The lowest BCUT2D eigenvalue weighted by molar-refractivity contribution is 0.0932. The first-order valence-electron chi connectivity index (χ1n) is 4.53. The molecule has 4 nitrogen and oxygen atoms in total. The van der Waals surface area contributed by atoms with Crippen LogP contribution in [0, 0.1) is 5.92 Å². The lowest BCUT2D eigenvalue weighted by Gasteiger charge is -2.01. The van der Waals surface area contributed by atoms with E-state index in [1.165, 1.54) is 0 Å². The maximum Gasteiger partial charge on any atom is 0.185 e. The first kappa shape index (κ1) is 8.87. The van der Waals surface area contributed by atoms with E-state index in [9.17, 15) is 4.79 Å². The first-order chi connectivity index (χ1) is 6.70. The minimum atomic E-state index is -0.0306. The van der Waals surface area contributed by atoms with Crippen LogP contribution in [0.5, 0.6) is 0 Å². The average Bonchev–Trinajstić information content (AvgIpc) is 2.60. The molecule has 2 aromatic heterocycles. The Morgan fingerprint density at radius 1 is 1.50 bits per heavy atom. The van der Waals surface area contributed by atoms with Gasteiger partial charge in [-0.3, -0.25) is 4.79 Å². The summed E-state index contributed by atoms with van der Waals surface area (Å²) in [5.74, 6) is 0.0353. The van der Waals surface area contributed by atoms with Crippen LogP contribution in [0.3, 0.4) is 0 Å². The highest BCUT2D eigenvalue weighted by atomic mass is 16.1. The highest BCUT2D eigenvalue weighted by Gasteiger charge is 2.15. The largest absolute Gasteiger partial charge is 0.292 e. The van der Waals surface area contributed by atoms with Crippen molar-refractivity contribution in [1.82, 2.24) is 14.6 Å². The van der Waals surface area contributed by atoms with Gasteiger partial charge in [-0.15, -0.1) is 0 Å². The van der Waals surface area contributed by atoms with Gasteiger partial charge in [-0.05, 0) is 12.1 Å². The van der Waals surface area contributed by atoms with Crippen LogP contribution in [-0.2, 0) is 0 Å². The van der Waals surface area contributed by atoms with Gasteiger partial charge in [0.05, 0.1) is 6.20 Å². The van der Waals surface area contributed by atoms with Crippen molar-refractivity contribution < 1.29 is 4.79 Å². The van der Waals surface area contributed by atoms with E-state index < -0.39 is 0 Å². The van der Waals surface area contributed by atoms with Crippen LogP contribution < -0.4 is 0 Å². The maximum atomic E-state index is 11.7. The zero-order valence-electron chi connectivity index (χ0n) is 8.14. The predicted octanol–water partition coefficient (Wildman–Crippen LogP) is 1.57. The van der Waals surface area contributed by atoms with Gasteiger partial charge in [0.25, 0.3) is 0 Å². The maximum absolute atomic E-state index is 11.7. The summed E-state index contributed by atoms with van der Waals surface area (Å²) in [5, 5.41) is 4.08. The third-order valence-electron chi connectivity index (χ3n) is 2.05. The molecule has 2 aromatic rings. The minimum absolute atomic E-state index is 0.0306. The Hall–Kier alpha value is -1.71. The monoisotopic (exact) mass is 189 g/mol. The van der Waals surface area contributed by atoms with Crippen LogP contribution in [0.15, 0.2) is 24.5 Å². The molecule has 0 atom stereocenters. The lowest BCUT2D eigenvalue weighted by atomic mass is 10.1. The van der Waals surface area contributed by atoms with Crippen molar-refractivity contribution in [2.75, 3.05) is 0 Å². The number of carbonyl (C=O) groups excluding carboxylic acids is 1. The van der Waals surface area contributed by atoms with Crippen molar-refractivity contribution in [3.63, 3.8) is 0 Å². The van der Waals surface area contributed by atoms with Crippen molar-refractivity contribution in [3.8, 4) is 0 Å². The van der Waals surface area contributed by atoms with Gasteiger partial charge in [-0.1, -0.05) is 13.8 Å². The van der Waals surface area contributed by atoms with Gasteiger partial charge in [0.2, 0.25) is 0 Å². The van der Waals surface area contributed by atoms with Gasteiger partial charge in [-0.2, -0.15) is 5.10 Å². The number of nitrogens with zero attached hydrogens (tertiary/aromatic N) is 3. The van der Waals surface area contributed by atoms with Gasteiger partial charge >= 0.3 is 0 Å². The summed E-state index contributed by atoms with van der Waals surface area (Å²) in [4.78, 5) is 15.8. The molecule has 2 heterocycles. The molecule has 0 amide bonds. The Morgan fingerprint density at radius 2 is 2.29 bits per heavy atom. The fourth-order valence-electron chi connectivity index (χ4n) is 1.29. The molecule has 0 N–H and O–H groups in total. The molecule has 0 aromatic carbocycles. The number of carbonyl (C=O) groups is 1. The highest BCUT2D eigenvalue weighted by molar-refractivity contribution is 5.96. The number of ketones is 1. The van der Waals surface area contributed by atoms with E-state index in [4.69, 9.17) is 0 Å². The van der Waals surface area contributed by atoms with Gasteiger partial charge < -0.3 is 0 Å². The highest BCUT2D eigenvalue weighted by Crippen LogP contribution is 2.09. The van der Waals surface area contributed by atoms with E-state index in [0.29, 0.717) is 11.3 Å². The summed E-state index contributed by atoms with van der Waals surface area (Å²) >= 11 is 0. The van der Waals surface area contributed by atoms with E-state index >= 15 is 0 Å². The molecule has 0 aliphatic heterocycles. The Bertz CT molecular complexity index is 473. The zero-order chi connectivity index (χ0) is 10.1. The molecule has 0 saturated carbocycles. The van der Waals surface area contributed by atoms with Crippen LogP contribution in [0.1, 0.15) is 24.3 Å². The van der Waals surface area contributed by atoms with Crippen molar-refractivity contribution in [1.29, 1.82) is 0 Å². The molecule has 0 bridgehead atoms.